The van der Waals surface area contributed by atoms with Crippen LogP contribution in [0.25, 0.3) is 5.65 Å². The largest absolute Gasteiger partial charge is 0.507 e. The Morgan fingerprint density at radius 1 is 1.12 bits per heavy atom. The summed E-state index contributed by atoms with van der Waals surface area (Å²) in [5.41, 5.74) is 3.76. The van der Waals surface area contributed by atoms with E-state index in [9.17, 15) is 5.11 Å². The Labute approximate surface area is 102 Å². The first-order valence-electron chi connectivity index (χ1n) is 6.12. The lowest BCUT2D eigenvalue weighted by Crippen LogP contribution is -1.96. The van der Waals surface area contributed by atoms with Gasteiger partial charge in [-0.3, -0.25) is 0 Å². The maximum absolute atomic E-state index is 10.2. The monoisotopic (exact) mass is 232 g/mol. The van der Waals surface area contributed by atoms with E-state index in [4.69, 9.17) is 0 Å². The lowest BCUT2D eigenvalue weighted by Gasteiger charge is -2.11. The summed E-state index contributed by atoms with van der Waals surface area (Å²) < 4.78 is 2.03. The Morgan fingerprint density at radius 3 is 2.29 bits per heavy atom. The van der Waals surface area contributed by atoms with E-state index in [1.165, 1.54) is 0 Å². The molecular formula is C14H20N2O. The average Bonchev–Trinajstić information content (AvgIpc) is 2.67. The van der Waals surface area contributed by atoms with Crippen LogP contribution < -0.4 is 0 Å². The van der Waals surface area contributed by atoms with Gasteiger partial charge in [-0.15, -0.1) is 0 Å². The van der Waals surface area contributed by atoms with Crippen LogP contribution in [0.2, 0.25) is 0 Å². The second kappa shape index (κ2) is 4.06. The van der Waals surface area contributed by atoms with Gasteiger partial charge in [-0.2, -0.15) is 0 Å². The molecule has 0 aliphatic rings. The van der Waals surface area contributed by atoms with Crippen molar-refractivity contribution in [2.24, 2.45) is 0 Å². The zero-order chi connectivity index (χ0) is 12.7. The first-order chi connectivity index (χ1) is 7.91. The third kappa shape index (κ3) is 1.90. The normalized spacial score (nSPS) is 11.9. The van der Waals surface area contributed by atoms with E-state index in [2.05, 4.69) is 38.9 Å². The summed E-state index contributed by atoms with van der Waals surface area (Å²) in [5.74, 6) is 1.09. The Kier molecular flexibility index (Phi) is 2.86. The molecule has 17 heavy (non-hydrogen) atoms. The van der Waals surface area contributed by atoms with Crippen molar-refractivity contribution in [2.75, 3.05) is 0 Å². The minimum absolute atomic E-state index is 0.308. The zero-order valence-electron chi connectivity index (χ0n) is 11.2. The zero-order valence-corrected chi connectivity index (χ0v) is 11.2. The topological polar surface area (TPSA) is 37.5 Å². The van der Waals surface area contributed by atoms with Gasteiger partial charge in [0, 0.05) is 23.5 Å². The van der Waals surface area contributed by atoms with Gasteiger partial charge in [-0.25, -0.2) is 4.98 Å². The van der Waals surface area contributed by atoms with Gasteiger partial charge in [0.1, 0.15) is 11.4 Å². The number of pyridine rings is 1. The van der Waals surface area contributed by atoms with Crippen molar-refractivity contribution in [3.05, 3.63) is 29.2 Å². The highest BCUT2D eigenvalue weighted by atomic mass is 16.3. The Balaban J connectivity index is 2.73. The van der Waals surface area contributed by atoms with Gasteiger partial charge in [0.05, 0.1) is 5.69 Å². The van der Waals surface area contributed by atoms with Crippen molar-refractivity contribution in [3.63, 3.8) is 0 Å². The molecule has 0 atom stereocenters. The Morgan fingerprint density at radius 2 is 1.76 bits per heavy atom. The van der Waals surface area contributed by atoms with Crippen LogP contribution in [0.4, 0.5) is 0 Å². The second-order valence-corrected chi connectivity index (χ2v) is 5.26. The molecule has 0 saturated carbocycles. The molecule has 0 bridgehead atoms. The fourth-order valence-electron chi connectivity index (χ4n) is 2.02. The van der Waals surface area contributed by atoms with Crippen molar-refractivity contribution < 1.29 is 5.11 Å². The predicted octanol–water partition coefficient (Wildman–Crippen LogP) is 3.60. The van der Waals surface area contributed by atoms with Gasteiger partial charge in [-0.1, -0.05) is 27.7 Å². The lowest BCUT2D eigenvalue weighted by atomic mass is 10.0. The molecule has 92 valence electrons. The van der Waals surface area contributed by atoms with Crippen molar-refractivity contribution in [3.8, 4) is 5.75 Å². The Hall–Kier alpha value is -1.51. The average molecular weight is 232 g/mol. The van der Waals surface area contributed by atoms with E-state index in [1.807, 2.05) is 17.5 Å². The fourth-order valence-corrected chi connectivity index (χ4v) is 2.02. The van der Waals surface area contributed by atoms with Crippen molar-refractivity contribution in [1.82, 2.24) is 9.38 Å². The highest BCUT2D eigenvalue weighted by Gasteiger charge is 2.15. The van der Waals surface area contributed by atoms with Crippen molar-refractivity contribution in [1.29, 1.82) is 0 Å². The van der Waals surface area contributed by atoms with Gasteiger partial charge in [0.2, 0.25) is 0 Å². The first-order valence-corrected chi connectivity index (χ1v) is 6.12. The van der Waals surface area contributed by atoms with E-state index >= 15 is 0 Å². The number of aromatic nitrogens is 2. The highest BCUT2D eigenvalue weighted by Crippen LogP contribution is 2.31. The maximum Gasteiger partial charge on any atom is 0.143 e. The minimum atomic E-state index is 0.308. The predicted molar refractivity (Wildman–Crippen MR) is 69.8 cm³/mol. The number of nitrogens with zero attached hydrogens (tertiary/aromatic N) is 2. The SMILES string of the molecule is Cc1c(O)c(C(C)C)cn2cc(C(C)C)nc12. The molecule has 2 aromatic heterocycles. The molecule has 0 aromatic carbocycles. The van der Waals surface area contributed by atoms with E-state index in [1.54, 1.807) is 0 Å². The molecule has 0 radical (unpaired) electrons. The molecule has 0 saturated heterocycles. The van der Waals surface area contributed by atoms with Gasteiger partial charge in [0.25, 0.3) is 0 Å². The van der Waals surface area contributed by atoms with Crippen LogP contribution in [-0.4, -0.2) is 14.5 Å². The van der Waals surface area contributed by atoms with Crippen LogP contribution in [0.1, 0.15) is 56.4 Å². The standard InChI is InChI=1S/C14H20N2O/c1-8(2)11-6-16-7-12(9(3)4)15-14(16)10(5)13(11)17/h6-9,17H,1-5H3. The van der Waals surface area contributed by atoms with E-state index < -0.39 is 0 Å². The summed E-state index contributed by atoms with van der Waals surface area (Å²) in [6.45, 7) is 10.3. The molecule has 0 amide bonds. The van der Waals surface area contributed by atoms with Gasteiger partial charge >= 0.3 is 0 Å². The fraction of sp³-hybridized carbons (Fsp3) is 0.500. The van der Waals surface area contributed by atoms with Crippen LogP contribution in [0.3, 0.4) is 0 Å². The smallest absolute Gasteiger partial charge is 0.143 e. The number of rotatable bonds is 2. The summed E-state index contributed by atoms with van der Waals surface area (Å²) in [6, 6.07) is 0. The van der Waals surface area contributed by atoms with Crippen molar-refractivity contribution in [2.45, 2.75) is 46.5 Å². The molecule has 2 heterocycles. The van der Waals surface area contributed by atoms with Crippen molar-refractivity contribution >= 4 is 5.65 Å². The number of hydrogen-bond donors (Lipinski definition) is 1. The van der Waals surface area contributed by atoms with Crippen LogP contribution >= 0.6 is 0 Å². The molecule has 3 heteroatoms. The Bertz CT molecular complexity index is 553. The van der Waals surface area contributed by atoms with Crippen LogP contribution in [-0.2, 0) is 0 Å². The molecule has 0 unspecified atom stereocenters. The maximum atomic E-state index is 10.2. The van der Waals surface area contributed by atoms with Gasteiger partial charge < -0.3 is 9.51 Å². The summed E-state index contributed by atoms with van der Waals surface area (Å²) in [5, 5.41) is 10.2. The minimum Gasteiger partial charge on any atom is -0.507 e. The molecular weight excluding hydrogens is 212 g/mol. The molecule has 0 fully saturated rings. The lowest BCUT2D eigenvalue weighted by molar-refractivity contribution is 0.460. The number of imidazole rings is 1. The molecule has 0 aliphatic carbocycles. The number of fused-ring (bicyclic) bond motifs is 1. The van der Waals surface area contributed by atoms with E-state index in [0.717, 1.165) is 22.5 Å². The first kappa shape index (κ1) is 12.0. The highest BCUT2D eigenvalue weighted by molar-refractivity contribution is 5.58. The number of aryl methyl sites for hydroxylation is 1. The summed E-state index contributed by atoms with van der Waals surface area (Å²) in [7, 11) is 0. The molecule has 3 nitrogen and oxygen atoms in total. The van der Waals surface area contributed by atoms with Gasteiger partial charge in [0.15, 0.2) is 0 Å². The van der Waals surface area contributed by atoms with E-state index in [0.29, 0.717) is 17.6 Å². The third-order valence-electron chi connectivity index (χ3n) is 3.21. The molecule has 1 N–H and O–H groups in total. The molecule has 0 aliphatic heterocycles. The number of hydrogen-bond acceptors (Lipinski definition) is 2. The summed E-state index contributed by atoms with van der Waals surface area (Å²) >= 11 is 0. The molecule has 2 rings (SSSR count). The third-order valence-corrected chi connectivity index (χ3v) is 3.21. The van der Waals surface area contributed by atoms with Crippen LogP contribution in [0, 0.1) is 6.92 Å². The number of aromatic hydroxyl groups is 1. The van der Waals surface area contributed by atoms with Gasteiger partial charge in [-0.05, 0) is 18.8 Å². The van der Waals surface area contributed by atoms with E-state index in [-0.39, 0.29) is 0 Å². The molecule has 0 spiro atoms. The molecule has 2 aromatic rings. The summed E-state index contributed by atoms with van der Waals surface area (Å²) in [4.78, 5) is 4.58. The summed E-state index contributed by atoms with van der Waals surface area (Å²) in [6.07, 6.45) is 4.04. The quantitative estimate of drug-likeness (QED) is 0.859. The van der Waals surface area contributed by atoms with Crippen LogP contribution in [0.15, 0.2) is 12.4 Å². The van der Waals surface area contributed by atoms with Crippen LogP contribution in [0.5, 0.6) is 5.75 Å². The second-order valence-electron chi connectivity index (χ2n) is 5.26.